The molecule has 2 aliphatic rings. The first kappa shape index (κ1) is 13.4. The third-order valence-corrected chi connectivity index (χ3v) is 4.65. The Bertz CT molecular complexity index is 215. The molecule has 1 aliphatic carbocycles. The molecule has 1 aliphatic heterocycles. The van der Waals surface area contributed by atoms with Crippen LogP contribution in [-0.2, 0) is 0 Å². The van der Waals surface area contributed by atoms with E-state index in [1.54, 1.807) is 0 Å². The van der Waals surface area contributed by atoms with Gasteiger partial charge >= 0.3 is 0 Å². The number of piperidine rings is 1. The van der Waals surface area contributed by atoms with E-state index in [4.69, 9.17) is 0 Å². The smallest absolute Gasteiger partial charge is 0.0124 e. The number of rotatable bonds is 5. The lowest BCUT2D eigenvalue weighted by atomic mass is 9.78. The summed E-state index contributed by atoms with van der Waals surface area (Å²) in [4.78, 5) is 2.81. The fourth-order valence-corrected chi connectivity index (χ4v) is 3.81. The topological polar surface area (TPSA) is 15.3 Å². The van der Waals surface area contributed by atoms with Gasteiger partial charge in [0, 0.05) is 12.6 Å². The van der Waals surface area contributed by atoms with E-state index >= 15 is 0 Å². The second-order valence-electron chi connectivity index (χ2n) is 6.16. The van der Waals surface area contributed by atoms with Crippen LogP contribution in [0.15, 0.2) is 0 Å². The van der Waals surface area contributed by atoms with Crippen molar-refractivity contribution in [3.05, 3.63) is 0 Å². The Labute approximate surface area is 107 Å². The number of nitrogens with one attached hydrogen (secondary N) is 1. The zero-order valence-electron chi connectivity index (χ0n) is 11.8. The van der Waals surface area contributed by atoms with Gasteiger partial charge in [-0.2, -0.15) is 0 Å². The van der Waals surface area contributed by atoms with E-state index in [-0.39, 0.29) is 0 Å². The molecule has 1 N–H and O–H groups in total. The molecule has 0 aromatic rings. The Morgan fingerprint density at radius 3 is 2.76 bits per heavy atom. The highest BCUT2D eigenvalue weighted by Crippen LogP contribution is 2.35. The number of hydrogen-bond acceptors (Lipinski definition) is 2. The second-order valence-corrected chi connectivity index (χ2v) is 6.16. The summed E-state index contributed by atoms with van der Waals surface area (Å²) in [5.74, 6) is 1.83. The predicted octanol–water partition coefficient (Wildman–Crippen LogP) is 2.89. The monoisotopic (exact) mass is 238 g/mol. The summed E-state index contributed by atoms with van der Waals surface area (Å²) < 4.78 is 0. The van der Waals surface area contributed by atoms with Crippen LogP contribution in [0.3, 0.4) is 0 Å². The van der Waals surface area contributed by atoms with Gasteiger partial charge in [-0.3, -0.25) is 4.90 Å². The molecule has 3 unspecified atom stereocenters. The maximum atomic E-state index is 3.48. The molecule has 0 aromatic carbocycles. The molecule has 0 aromatic heterocycles. The number of nitrogens with zero attached hydrogens (tertiary/aromatic N) is 1. The van der Waals surface area contributed by atoms with Gasteiger partial charge in [0.2, 0.25) is 0 Å². The fraction of sp³-hybridized carbons (Fsp3) is 1.00. The molecule has 0 radical (unpaired) electrons. The van der Waals surface area contributed by atoms with E-state index in [2.05, 4.69) is 24.1 Å². The van der Waals surface area contributed by atoms with Crippen molar-refractivity contribution in [1.29, 1.82) is 0 Å². The molecular weight excluding hydrogens is 208 g/mol. The van der Waals surface area contributed by atoms with Crippen molar-refractivity contribution >= 4 is 0 Å². The SMILES string of the molecule is CCNCC(C)CN1CCCC2CCCCC21. The van der Waals surface area contributed by atoms with E-state index in [9.17, 15) is 0 Å². The van der Waals surface area contributed by atoms with Crippen LogP contribution in [0, 0.1) is 11.8 Å². The molecule has 100 valence electrons. The first-order valence-corrected chi connectivity index (χ1v) is 7.76. The average molecular weight is 238 g/mol. The summed E-state index contributed by atoms with van der Waals surface area (Å²) in [5.41, 5.74) is 0. The van der Waals surface area contributed by atoms with Gasteiger partial charge in [-0.15, -0.1) is 0 Å². The quantitative estimate of drug-likeness (QED) is 0.792. The van der Waals surface area contributed by atoms with E-state index in [0.717, 1.165) is 24.4 Å². The van der Waals surface area contributed by atoms with Crippen LogP contribution >= 0.6 is 0 Å². The standard InChI is InChI=1S/C15H30N2/c1-3-16-11-13(2)12-17-10-6-8-14-7-4-5-9-15(14)17/h13-16H,3-12H2,1-2H3. The summed E-state index contributed by atoms with van der Waals surface area (Å²) in [5, 5.41) is 3.48. The molecule has 17 heavy (non-hydrogen) atoms. The van der Waals surface area contributed by atoms with Crippen molar-refractivity contribution in [2.75, 3.05) is 26.2 Å². The molecule has 2 rings (SSSR count). The van der Waals surface area contributed by atoms with E-state index in [1.165, 1.54) is 58.2 Å². The largest absolute Gasteiger partial charge is 0.317 e. The summed E-state index contributed by atoms with van der Waals surface area (Å²) in [6, 6.07) is 0.932. The third kappa shape index (κ3) is 3.69. The minimum Gasteiger partial charge on any atom is -0.317 e. The molecular formula is C15H30N2. The van der Waals surface area contributed by atoms with Gasteiger partial charge in [-0.1, -0.05) is 26.7 Å². The van der Waals surface area contributed by atoms with Gasteiger partial charge < -0.3 is 5.32 Å². The van der Waals surface area contributed by atoms with Gasteiger partial charge in [0.15, 0.2) is 0 Å². The summed E-state index contributed by atoms with van der Waals surface area (Å²) in [6.07, 6.45) is 8.88. The van der Waals surface area contributed by atoms with Crippen LogP contribution in [0.5, 0.6) is 0 Å². The van der Waals surface area contributed by atoms with Crippen LogP contribution in [0.2, 0.25) is 0 Å². The van der Waals surface area contributed by atoms with Gasteiger partial charge in [0.25, 0.3) is 0 Å². The lowest BCUT2D eigenvalue weighted by Crippen LogP contribution is -2.49. The molecule has 2 heteroatoms. The van der Waals surface area contributed by atoms with Crippen molar-refractivity contribution in [3.8, 4) is 0 Å². The molecule has 1 heterocycles. The van der Waals surface area contributed by atoms with Crippen molar-refractivity contribution in [2.24, 2.45) is 11.8 Å². The van der Waals surface area contributed by atoms with E-state index in [0.29, 0.717) is 0 Å². The van der Waals surface area contributed by atoms with Crippen LogP contribution in [0.4, 0.5) is 0 Å². The summed E-state index contributed by atoms with van der Waals surface area (Å²) in [6.45, 7) is 9.56. The highest BCUT2D eigenvalue weighted by molar-refractivity contribution is 4.87. The number of hydrogen-bond donors (Lipinski definition) is 1. The van der Waals surface area contributed by atoms with Crippen molar-refractivity contribution < 1.29 is 0 Å². The van der Waals surface area contributed by atoms with Crippen molar-refractivity contribution in [2.45, 2.75) is 58.4 Å². The molecule has 1 saturated carbocycles. The van der Waals surface area contributed by atoms with Gasteiger partial charge in [-0.05, 0) is 57.2 Å². The van der Waals surface area contributed by atoms with Crippen LogP contribution in [0.25, 0.3) is 0 Å². The Hall–Kier alpha value is -0.0800. The molecule has 2 nitrogen and oxygen atoms in total. The highest BCUT2D eigenvalue weighted by Gasteiger charge is 2.33. The van der Waals surface area contributed by atoms with Crippen molar-refractivity contribution in [1.82, 2.24) is 10.2 Å². The average Bonchev–Trinajstić information content (AvgIpc) is 2.37. The predicted molar refractivity (Wildman–Crippen MR) is 74.3 cm³/mol. The molecule has 0 bridgehead atoms. The first-order valence-electron chi connectivity index (χ1n) is 7.76. The Morgan fingerprint density at radius 1 is 1.18 bits per heavy atom. The zero-order valence-corrected chi connectivity index (χ0v) is 11.8. The minimum atomic E-state index is 0.802. The molecule has 0 amide bonds. The number of likely N-dealkylation sites (tertiary alicyclic amines) is 1. The maximum Gasteiger partial charge on any atom is 0.0124 e. The maximum absolute atomic E-state index is 3.48. The van der Waals surface area contributed by atoms with Gasteiger partial charge in [0.05, 0.1) is 0 Å². The molecule has 0 spiro atoms. The summed E-state index contributed by atoms with van der Waals surface area (Å²) in [7, 11) is 0. The Morgan fingerprint density at radius 2 is 1.94 bits per heavy atom. The third-order valence-electron chi connectivity index (χ3n) is 4.65. The Kier molecular flexibility index (Phi) is 5.30. The highest BCUT2D eigenvalue weighted by atomic mass is 15.2. The molecule has 2 fully saturated rings. The van der Waals surface area contributed by atoms with E-state index in [1.807, 2.05) is 0 Å². The number of fused-ring (bicyclic) bond motifs is 1. The van der Waals surface area contributed by atoms with Gasteiger partial charge in [-0.25, -0.2) is 0 Å². The Balaban J connectivity index is 1.81. The molecule has 3 atom stereocenters. The van der Waals surface area contributed by atoms with Gasteiger partial charge in [0.1, 0.15) is 0 Å². The lowest BCUT2D eigenvalue weighted by Gasteiger charge is -2.45. The first-order chi connectivity index (χ1) is 8.31. The second kappa shape index (κ2) is 6.75. The van der Waals surface area contributed by atoms with Crippen LogP contribution in [0.1, 0.15) is 52.4 Å². The van der Waals surface area contributed by atoms with Crippen molar-refractivity contribution in [3.63, 3.8) is 0 Å². The fourth-order valence-electron chi connectivity index (χ4n) is 3.81. The lowest BCUT2D eigenvalue weighted by molar-refractivity contribution is 0.0500. The zero-order chi connectivity index (χ0) is 12.1. The summed E-state index contributed by atoms with van der Waals surface area (Å²) >= 11 is 0. The normalized spacial score (nSPS) is 32.1. The van der Waals surface area contributed by atoms with Crippen LogP contribution < -0.4 is 5.32 Å². The van der Waals surface area contributed by atoms with E-state index < -0.39 is 0 Å². The molecule has 1 saturated heterocycles. The van der Waals surface area contributed by atoms with Crippen LogP contribution in [-0.4, -0.2) is 37.1 Å². The minimum absolute atomic E-state index is 0.802.